The van der Waals surface area contributed by atoms with E-state index in [1.165, 1.54) is 0 Å². The molecule has 1 amide bonds. The van der Waals surface area contributed by atoms with Gasteiger partial charge < -0.3 is 14.2 Å². The summed E-state index contributed by atoms with van der Waals surface area (Å²) in [7, 11) is 0. The summed E-state index contributed by atoms with van der Waals surface area (Å²) in [5.74, 6) is 0.337. The molecule has 0 atom stereocenters. The Morgan fingerprint density at radius 2 is 2.15 bits per heavy atom. The number of nitrogens with zero attached hydrogens (tertiary/aromatic N) is 3. The van der Waals surface area contributed by atoms with E-state index < -0.39 is 5.60 Å². The third-order valence-corrected chi connectivity index (χ3v) is 3.14. The van der Waals surface area contributed by atoms with Crippen LogP contribution < -0.4 is 0 Å². The first-order valence-corrected chi connectivity index (χ1v) is 6.88. The predicted molar refractivity (Wildman–Crippen MR) is 77.6 cm³/mol. The van der Waals surface area contributed by atoms with Gasteiger partial charge in [-0.25, -0.2) is 9.78 Å². The molecule has 5 nitrogen and oxygen atoms in total. The number of ether oxygens (including phenoxy) is 1. The molecule has 5 heteroatoms. The number of carbonyl (C=O) groups excluding carboxylic acids is 1. The monoisotopic (exact) mass is 277 g/mol. The minimum Gasteiger partial charge on any atom is -0.444 e. The maximum absolute atomic E-state index is 11.9. The zero-order valence-corrected chi connectivity index (χ0v) is 12.7. The average molecular weight is 277 g/mol. The van der Waals surface area contributed by atoms with Crippen molar-refractivity contribution in [3.05, 3.63) is 30.4 Å². The van der Waals surface area contributed by atoms with Crippen LogP contribution in [0.3, 0.4) is 0 Å². The molecule has 0 aromatic carbocycles. The van der Waals surface area contributed by atoms with Crippen LogP contribution in [0.5, 0.6) is 0 Å². The maximum Gasteiger partial charge on any atom is 0.410 e. The molecule has 0 saturated carbocycles. The summed E-state index contributed by atoms with van der Waals surface area (Å²) >= 11 is 0. The van der Waals surface area contributed by atoms with E-state index in [0.29, 0.717) is 19.0 Å². The number of imidazole rings is 1. The van der Waals surface area contributed by atoms with E-state index in [-0.39, 0.29) is 6.09 Å². The number of allylic oxidation sites excluding steroid dienone is 1. The number of aromatic nitrogens is 2. The van der Waals surface area contributed by atoms with Gasteiger partial charge in [0, 0.05) is 37.4 Å². The van der Waals surface area contributed by atoms with Gasteiger partial charge in [-0.2, -0.15) is 0 Å². The summed E-state index contributed by atoms with van der Waals surface area (Å²) in [4.78, 5) is 17.8. The van der Waals surface area contributed by atoms with Crippen LogP contribution in [-0.2, 0) is 11.3 Å². The van der Waals surface area contributed by atoms with E-state index in [0.717, 1.165) is 17.8 Å². The van der Waals surface area contributed by atoms with Crippen LogP contribution in [0.2, 0.25) is 0 Å². The molecule has 20 heavy (non-hydrogen) atoms. The van der Waals surface area contributed by atoms with Crippen LogP contribution >= 0.6 is 0 Å². The zero-order chi connectivity index (χ0) is 14.9. The summed E-state index contributed by atoms with van der Waals surface area (Å²) < 4.78 is 7.45. The minimum absolute atomic E-state index is 0.236. The average Bonchev–Trinajstić information content (AvgIpc) is 2.60. The highest BCUT2D eigenvalue weighted by atomic mass is 16.6. The molecule has 0 radical (unpaired) electrons. The van der Waals surface area contributed by atoms with Crippen molar-refractivity contribution in [1.29, 1.82) is 0 Å². The molecule has 0 N–H and O–H groups in total. The second-order valence-corrected chi connectivity index (χ2v) is 6.49. The van der Waals surface area contributed by atoms with Gasteiger partial charge in [0.1, 0.15) is 5.60 Å². The molecule has 110 valence electrons. The lowest BCUT2D eigenvalue weighted by Crippen LogP contribution is -2.50. The van der Waals surface area contributed by atoms with E-state index in [2.05, 4.69) is 16.1 Å². The van der Waals surface area contributed by atoms with Crippen LogP contribution in [0.1, 0.15) is 39.3 Å². The molecule has 0 unspecified atom stereocenters. The summed E-state index contributed by atoms with van der Waals surface area (Å²) in [5.41, 5.74) is 1.81. The third kappa shape index (κ3) is 3.40. The highest BCUT2D eigenvalue weighted by Gasteiger charge is 2.36. The fourth-order valence-electron chi connectivity index (χ4n) is 2.24. The number of rotatable bonds is 3. The van der Waals surface area contributed by atoms with Crippen molar-refractivity contribution in [3.8, 4) is 0 Å². The fraction of sp³-hybridized carbons (Fsp3) is 0.600. The van der Waals surface area contributed by atoms with E-state index in [9.17, 15) is 4.79 Å². The molecule has 1 aliphatic heterocycles. The zero-order valence-electron chi connectivity index (χ0n) is 12.7. The van der Waals surface area contributed by atoms with Gasteiger partial charge in [0.2, 0.25) is 0 Å². The first kappa shape index (κ1) is 14.6. The second kappa shape index (κ2) is 5.31. The van der Waals surface area contributed by atoms with Gasteiger partial charge in [0.05, 0.1) is 6.33 Å². The summed E-state index contributed by atoms with van der Waals surface area (Å²) in [6.07, 6.45) is 3.46. The van der Waals surface area contributed by atoms with Gasteiger partial charge in [0.15, 0.2) is 0 Å². The molecule has 0 spiro atoms. The number of carbonyl (C=O) groups is 1. The number of hydrogen-bond donors (Lipinski definition) is 0. The first-order valence-electron chi connectivity index (χ1n) is 6.88. The molecule has 2 rings (SSSR count). The van der Waals surface area contributed by atoms with Crippen molar-refractivity contribution in [2.24, 2.45) is 0 Å². The SMILES string of the molecule is C=C(C)Cn1cncc1C1CN(C(=O)OC(C)(C)C)C1. The summed E-state index contributed by atoms with van der Waals surface area (Å²) in [5, 5.41) is 0. The molecule has 0 aliphatic carbocycles. The summed E-state index contributed by atoms with van der Waals surface area (Å²) in [6, 6.07) is 0. The summed E-state index contributed by atoms with van der Waals surface area (Å²) in [6.45, 7) is 13.7. The first-order chi connectivity index (χ1) is 9.26. The molecule has 2 heterocycles. The van der Waals surface area contributed by atoms with Crippen LogP contribution in [0.25, 0.3) is 0 Å². The van der Waals surface area contributed by atoms with Gasteiger partial charge in [-0.05, 0) is 27.7 Å². The lowest BCUT2D eigenvalue weighted by atomic mass is 9.97. The van der Waals surface area contributed by atoms with Crippen molar-refractivity contribution in [2.45, 2.75) is 45.8 Å². The molecular weight excluding hydrogens is 254 g/mol. The van der Waals surface area contributed by atoms with Crippen molar-refractivity contribution in [3.63, 3.8) is 0 Å². The Morgan fingerprint density at radius 1 is 1.50 bits per heavy atom. The Labute approximate surface area is 120 Å². The van der Waals surface area contributed by atoms with Gasteiger partial charge >= 0.3 is 6.09 Å². The number of hydrogen-bond acceptors (Lipinski definition) is 3. The second-order valence-electron chi connectivity index (χ2n) is 6.49. The van der Waals surface area contributed by atoms with Crippen molar-refractivity contribution in [1.82, 2.24) is 14.5 Å². The number of amides is 1. The minimum atomic E-state index is -0.441. The Hall–Kier alpha value is -1.78. The maximum atomic E-state index is 11.9. The molecule has 1 fully saturated rings. The van der Waals surface area contributed by atoms with Crippen molar-refractivity contribution in [2.75, 3.05) is 13.1 Å². The lowest BCUT2D eigenvalue weighted by Gasteiger charge is -2.39. The van der Waals surface area contributed by atoms with E-state index >= 15 is 0 Å². The van der Waals surface area contributed by atoms with E-state index in [1.807, 2.05) is 40.2 Å². The highest BCUT2D eigenvalue weighted by molar-refractivity contribution is 5.69. The smallest absolute Gasteiger partial charge is 0.410 e. The largest absolute Gasteiger partial charge is 0.444 e. The fourth-order valence-corrected chi connectivity index (χ4v) is 2.24. The number of likely N-dealkylation sites (tertiary alicyclic amines) is 1. The predicted octanol–water partition coefficient (Wildman–Crippen LogP) is 2.79. The van der Waals surface area contributed by atoms with E-state index in [4.69, 9.17) is 4.74 Å². The van der Waals surface area contributed by atoms with E-state index in [1.54, 1.807) is 4.90 Å². The molecule has 1 saturated heterocycles. The Morgan fingerprint density at radius 3 is 2.70 bits per heavy atom. The third-order valence-electron chi connectivity index (χ3n) is 3.14. The Bertz CT molecular complexity index is 507. The van der Waals surface area contributed by atoms with Gasteiger partial charge in [-0.15, -0.1) is 0 Å². The molecule has 1 aromatic heterocycles. The van der Waals surface area contributed by atoms with Crippen molar-refractivity contribution >= 4 is 6.09 Å². The van der Waals surface area contributed by atoms with Crippen LogP contribution in [0.15, 0.2) is 24.7 Å². The van der Waals surface area contributed by atoms with Gasteiger partial charge in [-0.3, -0.25) is 0 Å². The molecule has 1 aliphatic rings. The normalized spacial score (nSPS) is 15.9. The van der Waals surface area contributed by atoms with Crippen molar-refractivity contribution < 1.29 is 9.53 Å². The van der Waals surface area contributed by atoms with Crippen LogP contribution in [0.4, 0.5) is 4.79 Å². The standard InChI is InChI=1S/C15H23N3O2/c1-11(2)7-18-10-16-6-13(18)12-8-17(9-12)14(19)20-15(3,4)5/h6,10,12H,1,7-9H2,2-5H3. The van der Waals surface area contributed by atoms with Crippen LogP contribution in [0, 0.1) is 0 Å². The van der Waals surface area contributed by atoms with Gasteiger partial charge in [0.25, 0.3) is 0 Å². The van der Waals surface area contributed by atoms with Crippen LogP contribution in [-0.4, -0.2) is 39.2 Å². The Kier molecular flexibility index (Phi) is 3.88. The topological polar surface area (TPSA) is 47.4 Å². The quantitative estimate of drug-likeness (QED) is 0.798. The molecular formula is C15H23N3O2. The Balaban J connectivity index is 1.92. The highest BCUT2D eigenvalue weighted by Crippen LogP contribution is 2.28. The lowest BCUT2D eigenvalue weighted by molar-refractivity contribution is 0.00761. The van der Waals surface area contributed by atoms with Gasteiger partial charge in [-0.1, -0.05) is 12.2 Å². The molecule has 1 aromatic rings. The molecule has 0 bridgehead atoms.